The van der Waals surface area contributed by atoms with Crippen LogP contribution in [0.5, 0.6) is 11.5 Å². The third-order valence-corrected chi connectivity index (χ3v) is 5.59. The molecule has 13 heteroatoms. The smallest absolute Gasteiger partial charge is 0.416 e. The molecule has 0 fully saturated rings. The fourth-order valence-corrected chi connectivity index (χ4v) is 3.90. The highest BCUT2D eigenvalue weighted by molar-refractivity contribution is 6.32. The van der Waals surface area contributed by atoms with Gasteiger partial charge in [0, 0.05) is 18.7 Å². The molecule has 0 atom stereocenters. The largest absolute Gasteiger partial charge is 0.453 e. The van der Waals surface area contributed by atoms with Gasteiger partial charge in [0.15, 0.2) is 11.6 Å². The molecule has 0 bridgehead atoms. The number of nitrogens with one attached hydrogen (secondary N) is 1. The van der Waals surface area contributed by atoms with E-state index in [-0.39, 0.29) is 45.9 Å². The first-order valence-corrected chi connectivity index (χ1v) is 10.7. The summed E-state index contributed by atoms with van der Waals surface area (Å²) in [6.45, 7) is 0. The third kappa shape index (κ3) is 5.12. The molecule has 4 aromatic rings. The van der Waals surface area contributed by atoms with E-state index in [0.29, 0.717) is 23.2 Å². The standard InChI is InChI=1S/C24H15ClF5N5O2/c1-35-20-11(4-5-31)8-17(33-23(36)12-6-13(24(28,29)30)9-15(27)7-12)21(19(20)22(32)34-35)37-18-10-14(26)2-3-16(18)25/h2-3,6-10H,4H2,1H3,(H2,32,34)(H,33,36). The minimum Gasteiger partial charge on any atom is -0.453 e. The summed E-state index contributed by atoms with van der Waals surface area (Å²) in [6.07, 6.45) is -5.07. The summed E-state index contributed by atoms with van der Waals surface area (Å²) in [6, 6.07) is 7.94. The number of fused-ring (bicyclic) bond motifs is 1. The molecule has 0 saturated heterocycles. The fraction of sp³-hybridized carbons (Fsp3) is 0.125. The van der Waals surface area contributed by atoms with Crippen LogP contribution in [0.25, 0.3) is 10.9 Å². The second-order valence-corrected chi connectivity index (χ2v) is 8.24. The van der Waals surface area contributed by atoms with Crippen LogP contribution >= 0.6 is 11.6 Å². The molecule has 4 rings (SSSR count). The van der Waals surface area contributed by atoms with Crippen molar-refractivity contribution in [3.63, 3.8) is 0 Å². The number of nitrogens with two attached hydrogens (primary N) is 1. The number of aromatic nitrogens is 2. The van der Waals surface area contributed by atoms with Crippen LogP contribution in [-0.2, 0) is 19.6 Å². The summed E-state index contributed by atoms with van der Waals surface area (Å²) in [5, 5.41) is 15.9. The highest BCUT2D eigenvalue weighted by Crippen LogP contribution is 2.44. The number of nitriles is 1. The summed E-state index contributed by atoms with van der Waals surface area (Å²) in [7, 11) is 1.54. The number of anilines is 2. The van der Waals surface area contributed by atoms with Crippen molar-refractivity contribution in [3.8, 4) is 17.6 Å². The van der Waals surface area contributed by atoms with E-state index < -0.39 is 34.8 Å². The zero-order valence-electron chi connectivity index (χ0n) is 18.8. The Hall–Kier alpha value is -4.37. The fourth-order valence-electron chi connectivity index (χ4n) is 3.74. The average molecular weight is 536 g/mol. The lowest BCUT2D eigenvalue weighted by molar-refractivity contribution is -0.137. The number of benzene rings is 3. The zero-order valence-corrected chi connectivity index (χ0v) is 19.5. The SMILES string of the molecule is Cn1nc(N)c2c(Oc3cc(F)ccc3Cl)c(NC(=O)c3cc(F)cc(C(F)(F)F)c3)cc(CC#N)c21. The first-order chi connectivity index (χ1) is 17.4. The van der Waals surface area contributed by atoms with Crippen LogP contribution < -0.4 is 15.8 Å². The van der Waals surface area contributed by atoms with Crippen LogP contribution in [0.3, 0.4) is 0 Å². The van der Waals surface area contributed by atoms with E-state index in [0.717, 1.165) is 12.1 Å². The maximum absolute atomic E-state index is 13.9. The van der Waals surface area contributed by atoms with Gasteiger partial charge in [-0.05, 0) is 42.0 Å². The monoisotopic (exact) mass is 535 g/mol. The Morgan fingerprint density at radius 1 is 1.19 bits per heavy atom. The van der Waals surface area contributed by atoms with Crippen LogP contribution in [0.2, 0.25) is 5.02 Å². The Balaban J connectivity index is 1.90. The summed E-state index contributed by atoms with van der Waals surface area (Å²) < 4.78 is 74.5. The van der Waals surface area contributed by atoms with Gasteiger partial charge in [0.1, 0.15) is 17.4 Å². The van der Waals surface area contributed by atoms with E-state index >= 15 is 0 Å². The van der Waals surface area contributed by atoms with Gasteiger partial charge in [-0.15, -0.1) is 0 Å². The van der Waals surface area contributed by atoms with E-state index in [1.807, 2.05) is 6.07 Å². The lowest BCUT2D eigenvalue weighted by atomic mass is 10.0. The minimum absolute atomic E-state index is 0.00432. The van der Waals surface area contributed by atoms with Gasteiger partial charge in [0.05, 0.1) is 39.7 Å². The normalized spacial score (nSPS) is 11.4. The number of nitrogens with zero attached hydrogens (tertiary/aromatic N) is 3. The molecule has 0 radical (unpaired) electrons. The van der Waals surface area contributed by atoms with Crippen LogP contribution in [0.1, 0.15) is 21.5 Å². The highest BCUT2D eigenvalue weighted by atomic mass is 35.5. The van der Waals surface area contributed by atoms with Gasteiger partial charge < -0.3 is 15.8 Å². The lowest BCUT2D eigenvalue weighted by Crippen LogP contribution is -2.15. The molecule has 1 amide bonds. The zero-order chi connectivity index (χ0) is 27.1. The van der Waals surface area contributed by atoms with Gasteiger partial charge in [0.25, 0.3) is 5.91 Å². The third-order valence-electron chi connectivity index (χ3n) is 5.28. The Morgan fingerprint density at radius 3 is 2.59 bits per heavy atom. The molecule has 0 aliphatic carbocycles. The Bertz CT molecular complexity index is 1590. The molecule has 0 saturated carbocycles. The van der Waals surface area contributed by atoms with Crippen LogP contribution in [0.15, 0.2) is 42.5 Å². The minimum atomic E-state index is -4.90. The lowest BCUT2D eigenvalue weighted by Gasteiger charge is -2.17. The number of hydrogen-bond donors (Lipinski definition) is 2. The molecule has 37 heavy (non-hydrogen) atoms. The number of amides is 1. The van der Waals surface area contributed by atoms with Crippen molar-refractivity contribution in [1.29, 1.82) is 5.26 Å². The Kier molecular flexibility index (Phi) is 6.66. The van der Waals surface area contributed by atoms with Gasteiger partial charge in [0.2, 0.25) is 0 Å². The number of aryl methyl sites for hydroxylation is 1. The summed E-state index contributed by atoms with van der Waals surface area (Å²) in [4.78, 5) is 13.0. The van der Waals surface area contributed by atoms with Crippen LogP contribution in [0.4, 0.5) is 33.5 Å². The van der Waals surface area contributed by atoms with Crippen molar-refractivity contribution in [2.75, 3.05) is 11.1 Å². The topological polar surface area (TPSA) is 106 Å². The Labute approximate surface area is 210 Å². The van der Waals surface area contributed by atoms with Crippen molar-refractivity contribution < 1.29 is 31.5 Å². The molecule has 0 unspecified atom stereocenters. The van der Waals surface area contributed by atoms with Crippen molar-refractivity contribution in [3.05, 3.63) is 75.8 Å². The molecule has 3 aromatic carbocycles. The van der Waals surface area contributed by atoms with E-state index in [1.165, 1.54) is 16.8 Å². The van der Waals surface area contributed by atoms with Gasteiger partial charge >= 0.3 is 6.18 Å². The first-order valence-electron chi connectivity index (χ1n) is 10.4. The number of alkyl halides is 3. The second kappa shape index (κ2) is 9.59. The molecule has 1 aromatic heterocycles. The average Bonchev–Trinajstić information content (AvgIpc) is 3.11. The molecular formula is C24H15ClF5N5O2. The van der Waals surface area contributed by atoms with Gasteiger partial charge in [-0.2, -0.15) is 23.5 Å². The van der Waals surface area contributed by atoms with Gasteiger partial charge in [-0.25, -0.2) is 8.78 Å². The van der Waals surface area contributed by atoms with Crippen molar-refractivity contribution >= 4 is 39.9 Å². The van der Waals surface area contributed by atoms with Crippen LogP contribution in [0, 0.1) is 23.0 Å². The Morgan fingerprint density at radius 2 is 1.92 bits per heavy atom. The van der Waals surface area contributed by atoms with Crippen molar-refractivity contribution in [2.24, 2.45) is 7.05 Å². The van der Waals surface area contributed by atoms with E-state index in [2.05, 4.69) is 10.4 Å². The molecule has 0 aliphatic rings. The van der Waals surface area contributed by atoms with E-state index in [4.69, 9.17) is 22.1 Å². The predicted octanol–water partition coefficient (Wildman–Crippen LogP) is 6.22. The number of rotatable bonds is 5. The van der Waals surface area contributed by atoms with Gasteiger partial charge in [-0.3, -0.25) is 9.48 Å². The van der Waals surface area contributed by atoms with Crippen LogP contribution in [-0.4, -0.2) is 15.7 Å². The number of halogens is 6. The highest BCUT2D eigenvalue weighted by Gasteiger charge is 2.32. The van der Waals surface area contributed by atoms with E-state index in [1.54, 1.807) is 7.05 Å². The van der Waals surface area contributed by atoms with E-state index in [9.17, 15) is 32.0 Å². The summed E-state index contributed by atoms with van der Waals surface area (Å²) >= 11 is 6.13. The molecule has 0 aliphatic heterocycles. The number of nitrogen functional groups attached to an aromatic ring is 1. The number of carbonyl (C=O) groups excluding carboxylic acids is 1. The quantitative estimate of drug-likeness (QED) is 0.295. The number of hydrogen-bond acceptors (Lipinski definition) is 5. The molecule has 1 heterocycles. The predicted molar refractivity (Wildman–Crippen MR) is 125 cm³/mol. The van der Waals surface area contributed by atoms with Crippen molar-refractivity contribution in [1.82, 2.24) is 9.78 Å². The summed E-state index contributed by atoms with van der Waals surface area (Å²) in [5.41, 5.74) is 4.61. The molecule has 0 spiro atoms. The summed E-state index contributed by atoms with van der Waals surface area (Å²) in [5.74, 6) is -3.51. The van der Waals surface area contributed by atoms with Gasteiger partial charge in [-0.1, -0.05) is 11.6 Å². The maximum atomic E-state index is 13.9. The molecule has 7 nitrogen and oxygen atoms in total. The number of ether oxygens (including phenoxy) is 1. The number of carbonyl (C=O) groups is 1. The molecular weight excluding hydrogens is 521 g/mol. The second-order valence-electron chi connectivity index (χ2n) is 7.84. The maximum Gasteiger partial charge on any atom is 0.416 e. The molecule has 3 N–H and O–H groups in total. The van der Waals surface area contributed by atoms with Crippen molar-refractivity contribution in [2.45, 2.75) is 12.6 Å². The molecule has 190 valence electrons. The first kappa shape index (κ1) is 25.7.